The molecule has 3 rings (SSSR count). The summed E-state index contributed by atoms with van der Waals surface area (Å²) in [5.41, 5.74) is 3.13. The van der Waals surface area contributed by atoms with Crippen LogP contribution >= 0.6 is 11.3 Å². The van der Waals surface area contributed by atoms with Crippen LogP contribution in [0.1, 0.15) is 39.7 Å². The summed E-state index contributed by atoms with van der Waals surface area (Å²) < 4.78 is 5.16. The van der Waals surface area contributed by atoms with Crippen molar-refractivity contribution in [2.45, 2.75) is 32.6 Å². The van der Waals surface area contributed by atoms with Crippen LogP contribution in [0, 0.1) is 36.5 Å². The SMILES string of the molecule is COc1ccc(-c2csc(C(C#N)C(=O)CCc3c(C)[nH]c(=O)c(C#N)c3C)n2)cc1. The number of pyridine rings is 1. The highest BCUT2D eigenvalue weighted by molar-refractivity contribution is 7.10. The van der Waals surface area contributed by atoms with E-state index in [1.54, 1.807) is 21.0 Å². The molecule has 0 amide bonds. The van der Waals surface area contributed by atoms with E-state index in [0.717, 1.165) is 16.9 Å². The van der Waals surface area contributed by atoms with Crippen LogP contribution in [0.25, 0.3) is 11.3 Å². The lowest BCUT2D eigenvalue weighted by Gasteiger charge is -2.11. The molecule has 0 saturated heterocycles. The Morgan fingerprint density at radius 2 is 1.97 bits per heavy atom. The van der Waals surface area contributed by atoms with E-state index in [1.807, 2.05) is 35.7 Å². The number of ether oxygens (including phenoxy) is 1. The fraction of sp³-hybridized carbons (Fsp3) is 0.261. The third kappa shape index (κ3) is 4.55. The average molecular weight is 433 g/mol. The zero-order chi connectivity index (χ0) is 22.5. The number of hydrogen-bond donors (Lipinski definition) is 1. The minimum atomic E-state index is -0.962. The normalized spacial score (nSPS) is 11.4. The van der Waals surface area contributed by atoms with Crippen LogP contribution in [0.4, 0.5) is 0 Å². The van der Waals surface area contributed by atoms with E-state index in [0.29, 0.717) is 28.4 Å². The van der Waals surface area contributed by atoms with Crippen molar-refractivity contribution in [3.05, 3.63) is 67.4 Å². The molecule has 0 radical (unpaired) electrons. The summed E-state index contributed by atoms with van der Waals surface area (Å²) in [6, 6.07) is 11.4. The Kier molecular flexibility index (Phi) is 6.64. The van der Waals surface area contributed by atoms with Gasteiger partial charge < -0.3 is 9.72 Å². The van der Waals surface area contributed by atoms with Crippen LogP contribution in [0.3, 0.4) is 0 Å². The lowest BCUT2D eigenvalue weighted by atomic mass is 9.95. The van der Waals surface area contributed by atoms with E-state index < -0.39 is 11.5 Å². The maximum absolute atomic E-state index is 12.8. The van der Waals surface area contributed by atoms with Gasteiger partial charge in [0.2, 0.25) is 0 Å². The lowest BCUT2D eigenvalue weighted by Crippen LogP contribution is -2.18. The number of hydrogen-bond acceptors (Lipinski definition) is 7. The molecule has 0 saturated carbocycles. The number of aromatic nitrogens is 2. The third-order valence-electron chi connectivity index (χ3n) is 5.15. The maximum Gasteiger partial charge on any atom is 0.266 e. The van der Waals surface area contributed by atoms with Crippen molar-refractivity contribution in [1.29, 1.82) is 10.5 Å². The number of carbonyl (C=O) groups excluding carboxylic acids is 1. The van der Waals surface area contributed by atoms with Crippen molar-refractivity contribution in [3.8, 4) is 29.1 Å². The fourth-order valence-corrected chi connectivity index (χ4v) is 4.28. The molecule has 1 aromatic carbocycles. The molecule has 0 aliphatic rings. The Balaban J connectivity index is 1.78. The molecule has 2 aromatic heterocycles. The number of benzene rings is 1. The molecule has 1 unspecified atom stereocenters. The van der Waals surface area contributed by atoms with Gasteiger partial charge in [-0.1, -0.05) is 0 Å². The van der Waals surface area contributed by atoms with Gasteiger partial charge in [0.15, 0.2) is 11.7 Å². The van der Waals surface area contributed by atoms with Gasteiger partial charge in [0, 0.05) is 23.1 Å². The van der Waals surface area contributed by atoms with Crippen LogP contribution in [0.15, 0.2) is 34.4 Å². The van der Waals surface area contributed by atoms with E-state index in [1.165, 1.54) is 11.3 Å². The summed E-state index contributed by atoms with van der Waals surface area (Å²) in [5.74, 6) is -0.478. The molecule has 0 aliphatic carbocycles. The third-order valence-corrected chi connectivity index (χ3v) is 6.06. The number of carbonyl (C=O) groups is 1. The van der Waals surface area contributed by atoms with Gasteiger partial charge in [-0.25, -0.2) is 4.98 Å². The van der Waals surface area contributed by atoms with Crippen molar-refractivity contribution >= 4 is 17.1 Å². The molecule has 8 heteroatoms. The molecular weight excluding hydrogens is 412 g/mol. The maximum atomic E-state index is 12.8. The van der Waals surface area contributed by atoms with Crippen LogP contribution in [-0.2, 0) is 11.2 Å². The van der Waals surface area contributed by atoms with Gasteiger partial charge in [-0.3, -0.25) is 9.59 Å². The quantitative estimate of drug-likeness (QED) is 0.606. The minimum Gasteiger partial charge on any atom is -0.497 e. The van der Waals surface area contributed by atoms with Gasteiger partial charge in [0.1, 0.15) is 22.4 Å². The first-order valence-corrected chi connectivity index (χ1v) is 10.4. The van der Waals surface area contributed by atoms with Crippen molar-refractivity contribution in [3.63, 3.8) is 0 Å². The smallest absolute Gasteiger partial charge is 0.266 e. The molecule has 0 spiro atoms. The molecule has 2 heterocycles. The Hall–Kier alpha value is -3.75. The number of aromatic amines is 1. The Morgan fingerprint density at radius 3 is 2.58 bits per heavy atom. The zero-order valence-electron chi connectivity index (χ0n) is 17.4. The van der Waals surface area contributed by atoms with Crippen molar-refractivity contribution in [2.75, 3.05) is 7.11 Å². The largest absolute Gasteiger partial charge is 0.497 e. The first-order chi connectivity index (χ1) is 14.9. The molecule has 7 nitrogen and oxygen atoms in total. The molecule has 1 N–H and O–H groups in total. The van der Waals surface area contributed by atoms with Gasteiger partial charge in [0.05, 0.1) is 18.9 Å². The highest BCUT2D eigenvalue weighted by atomic mass is 32.1. The number of nitrogens with zero attached hydrogens (tertiary/aromatic N) is 3. The van der Waals surface area contributed by atoms with E-state index in [4.69, 9.17) is 4.74 Å². The second-order valence-electron chi connectivity index (χ2n) is 7.00. The van der Waals surface area contributed by atoms with Crippen LogP contribution in [0.5, 0.6) is 5.75 Å². The molecule has 156 valence electrons. The number of thiazole rings is 1. The Bertz CT molecular complexity index is 1260. The standard InChI is InChI=1S/C23H20N4O3S/c1-13-17(14(2)26-22(29)18(13)10-24)8-9-21(28)19(11-25)23-27-20(12-31-23)15-4-6-16(30-3)7-5-15/h4-7,12,19H,8-9H2,1-3H3,(H,26,29). The lowest BCUT2D eigenvalue weighted by molar-refractivity contribution is -0.119. The topological polar surface area (TPSA) is 120 Å². The Labute approximate surface area is 183 Å². The summed E-state index contributed by atoms with van der Waals surface area (Å²) in [4.78, 5) is 31.8. The van der Waals surface area contributed by atoms with Crippen molar-refractivity contribution < 1.29 is 9.53 Å². The first kappa shape index (κ1) is 21.9. The van der Waals surface area contributed by atoms with Crippen LogP contribution in [0.2, 0.25) is 0 Å². The summed E-state index contributed by atoms with van der Waals surface area (Å²) >= 11 is 1.28. The van der Waals surface area contributed by atoms with Crippen molar-refractivity contribution in [2.24, 2.45) is 0 Å². The highest BCUT2D eigenvalue weighted by Gasteiger charge is 2.24. The fourth-order valence-electron chi connectivity index (χ4n) is 3.39. The molecule has 3 aromatic rings. The van der Waals surface area contributed by atoms with Gasteiger partial charge >= 0.3 is 0 Å². The van der Waals surface area contributed by atoms with Crippen LogP contribution < -0.4 is 10.3 Å². The van der Waals surface area contributed by atoms with Gasteiger partial charge in [-0.15, -0.1) is 11.3 Å². The average Bonchev–Trinajstić information content (AvgIpc) is 3.24. The van der Waals surface area contributed by atoms with E-state index in [9.17, 15) is 20.1 Å². The second-order valence-corrected chi connectivity index (χ2v) is 7.89. The highest BCUT2D eigenvalue weighted by Crippen LogP contribution is 2.29. The monoisotopic (exact) mass is 432 g/mol. The predicted molar refractivity (Wildman–Crippen MR) is 117 cm³/mol. The number of methoxy groups -OCH3 is 1. The second kappa shape index (κ2) is 9.38. The number of rotatable bonds is 7. The van der Waals surface area contributed by atoms with E-state index in [-0.39, 0.29) is 17.8 Å². The molecule has 0 bridgehead atoms. The number of ketones is 1. The van der Waals surface area contributed by atoms with Gasteiger partial charge in [0.25, 0.3) is 5.56 Å². The molecule has 1 atom stereocenters. The summed E-state index contributed by atoms with van der Waals surface area (Å²) in [6.07, 6.45) is 0.436. The number of H-pyrrole nitrogens is 1. The summed E-state index contributed by atoms with van der Waals surface area (Å²) in [6.45, 7) is 3.43. The Morgan fingerprint density at radius 1 is 1.26 bits per heavy atom. The molecule has 0 fully saturated rings. The predicted octanol–water partition coefficient (Wildman–Crippen LogP) is 3.80. The number of Topliss-reactive ketones (excluding diaryl/α,β-unsaturated/α-hetero) is 1. The van der Waals surface area contributed by atoms with Crippen LogP contribution in [-0.4, -0.2) is 22.9 Å². The molecular formula is C23H20N4O3S. The number of aryl methyl sites for hydroxylation is 1. The van der Waals surface area contributed by atoms with E-state index in [2.05, 4.69) is 16.0 Å². The summed E-state index contributed by atoms with van der Waals surface area (Å²) in [5, 5.41) is 21.1. The first-order valence-electron chi connectivity index (χ1n) is 9.54. The number of nitriles is 2. The van der Waals surface area contributed by atoms with Crippen molar-refractivity contribution in [1.82, 2.24) is 9.97 Å². The number of nitrogens with one attached hydrogen (secondary N) is 1. The molecule has 0 aliphatic heterocycles. The minimum absolute atomic E-state index is 0.0499. The van der Waals surface area contributed by atoms with Gasteiger partial charge in [-0.05, 0) is 55.7 Å². The zero-order valence-corrected chi connectivity index (χ0v) is 18.2. The summed E-state index contributed by atoms with van der Waals surface area (Å²) in [7, 11) is 1.59. The van der Waals surface area contributed by atoms with Gasteiger partial charge in [-0.2, -0.15) is 10.5 Å². The van der Waals surface area contributed by atoms with E-state index >= 15 is 0 Å². The molecule has 31 heavy (non-hydrogen) atoms.